The molecular formula is C12H16O2. The van der Waals surface area contributed by atoms with E-state index in [-0.39, 0.29) is 5.43 Å². The molecule has 1 aliphatic rings. The van der Waals surface area contributed by atoms with Crippen molar-refractivity contribution < 1.29 is 4.42 Å². The maximum atomic E-state index is 11.7. The van der Waals surface area contributed by atoms with Crippen molar-refractivity contribution in [3.63, 3.8) is 0 Å². The molecule has 0 saturated heterocycles. The fourth-order valence-electron chi connectivity index (χ4n) is 2.02. The van der Waals surface area contributed by atoms with Crippen molar-refractivity contribution in [3.8, 4) is 0 Å². The van der Waals surface area contributed by atoms with Gasteiger partial charge in [-0.15, -0.1) is 0 Å². The molecule has 0 aliphatic heterocycles. The van der Waals surface area contributed by atoms with Crippen LogP contribution in [0.3, 0.4) is 0 Å². The largest absolute Gasteiger partial charge is 0.466 e. The Morgan fingerprint density at radius 2 is 2.07 bits per heavy atom. The lowest BCUT2D eigenvalue weighted by Gasteiger charge is -2.05. The summed E-state index contributed by atoms with van der Waals surface area (Å²) in [4.78, 5) is 11.7. The monoisotopic (exact) mass is 192 g/mol. The third-order valence-electron chi connectivity index (χ3n) is 2.86. The zero-order valence-electron chi connectivity index (χ0n) is 8.64. The number of hydrogen-bond acceptors (Lipinski definition) is 2. The quantitative estimate of drug-likeness (QED) is 0.640. The summed E-state index contributed by atoms with van der Waals surface area (Å²) in [7, 11) is 0. The van der Waals surface area contributed by atoms with E-state index in [9.17, 15) is 4.79 Å². The molecule has 1 aliphatic carbocycles. The van der Waals surface area contributed by atoms with Crippen LogP contribution in [0.5, 0.6) is 0 Å². The normalized spacial score (nSPS) is 16.1. The van der Waals surface area contributed by atoms with Gasteiger partial charge >= 0.3 is 0 Å². The van der Waals surface area contributed by atoms with Gasteiger partial charge in [0.1, 0.15) is 11.5 Å². The van der Waals surface area contributed by atoms with Crippen molar-refractivity contribution in [2.24, 2.45) is 0 Å². The van der Waals surface area contributed by atoms with Crippen LogP contribution in [0.4, 0.5) is 0 Å². The Balaban J connectivity index is 2.48. The molecular weight excluding hydrogens is 176 g/mol. The van der Waals surface area contributed by atoms with Gasteiger partial charge in [-0.3, -0.25) is 4.79 Å². The summed E-state index contributed by atoms with van der Waals surface area (Å²) >= 11 is 0. The average molecular weight is 192 g/mol. The van der Waals surface area contributed by atoms with E-state index in [1.54, 1.807) is 6.07 Å². The fraction of sp³-hybridized carbons (Fsp3) is 0.583. The topological polar surface area (TPSA) is 30.2 Å². The molecule has 2 nitrogen and oxygen atoms in total. The van der Waals surface area contributed by atoms with Crippen LogP contribution in [0.15, 0.2) is 15.3 Å². The summed E-state index contributed by atoms with van der Waals surface area (Å²) in [6, 6.07) is 1.66. The Bertz CT molecular complexity index is 376. The van der Waals surface area contributed by atoms with Gasteiger partial charge in [0.05, 0.1) is 0 Å². The molecule has 2 heteroatoms. The van der Waals surface area contributed by atoms with Gasteiger partial charge in [0.2, 0.25) is 0 Å². The molecule has 0 N–H and O–H groups in total. The van der Waals surface area contributed by atoms with E-state index in [0.717, 1.165) is 49.2 Å². The number of aryl methyl sites for hydroxylation is 2. The average Bonchev–Trinajstić information content (AvgIpc) is 2.42. The summed E-state index contributed by atoms with van der Waals surface area (Å²) in [5, 5.41) is 0. The highest BCUT2D eigenvalue weighted by Gasteiger charge is 2.14. The minimum Gasteiger partial charge on any atom is -0.466 e. The minimum absolute atomic E-state index is 0.185. The molecule has 0 bridgehead atoms. The fourth-order valence-corrected chi connectivity index (χ4v) is 2.02. The van der Waals surface area contributed by atoms with Crippen LogP contribution in [-0.2, 0) is 19.3 Å². The van der Waals surface area contributed by atoms with Crippen molar-refractivity contribution in [2.45, 2.75) is 45.4 Å². The minimum atomic E-state index is 0.185. The lowest BCUT2D eigenvalue weighted by molar-refractivity contribution is 0.442. The van der Waals surface area contributed by atoms with Crippen LogP contribution in [0.1, 0.15) is 43.3 Å². The Morgan fingerprint density at radius 1 is 1.29 bits per heavy atom. The second-order valence-electron chi connectivity index (χ2n) is 3.89. The second-order valence-corrected chi connectivity index (χ2v) is 3.89. The van der Waals surface area contributed by atoms with E-state index in [0.29, 0.717) is 0 Å². The predicted molar refractivity (Wildman–Crippen MR) is 55.6 cm³/mol. The highest BCUT2D eigenvalue weighted by Crippen LogP contribution is 2.18. The number of rotatable bonds is 1. The van der Waals surface area contributed by atoms with E-state index in [2.05, 4.69) is 0 Å². The Labute approximate surface area is 83.9 Å². The van der Waals surface area contributed by atoms with E-state index >= 15 is 0 Å². The van der Waals surface area contributed by atoms with E-state index in [1.807, 2.05) is 6.92 Å². The molecule has 1 aromatic heterocycles. The van der Waals surface area contributed by atoms with E-state index in [4.69, 9.17) is 4.42 Å². The van der Waals surface area contributed by atoms with Crippen molar-refractivity contribution in [1.82, 2.24) is 0 Å². The van der Waals surface area contributed by atoms with Crippen LogP contribution in [0.25, 0.3) is 0 Å². The first-order valence-corrected chi connectivity index (χ1v) is 5.46. The molecule has 14 heavy (non-hydrogen) atoms. The Kier molecular flexibility index (Phi) is 2.71. The Morgan fingerprint density at radius 3 is 2.86 bits per heavy atom. The van der Waals surface area contributed by atoms with E-state index < -0.39 is 0 Å². The first-order valence-electron chi connectivity index (χ1n) is 5.46. The molecule has 0 saturated carbocycles. The summed E-state index contributed by atoms with van der Waals surface area (Å²) in [6.07, 6.45) is 6.15. The van der Waals surface area contributed by atoms with Crippen LogP contribution in [-0.4, -0.2) is 0 Å². The summed E-state index contributed by atoms with van der Waals surface area (Å²) < 4.78 is 5.71. The van der Waals surface area contributed by atoms with E-state index in [1.165, 1.54) is 6.42 Å². The molecule has 0 radical (unpaired) electrons. The third-order valence-corrected chi connectivity index (χ3v) is 2.86. The van der Waals surface area contributed by atoms with Crippen LogP contribution in [0.2, 0.25) is 0 Å². The van der Waals surface area contributed by atoms with Gasteiger partial charge in [0, 0.05) is 24.5 Å². The molecule has 0 aromatic carbocycles. The van der Waals surface area contributed by atoms with Crippen molar-refractivity contribution in [1.29, 1.82) is 0 Å². The molecule has 1 heterocycles. The SMILES string of the molecule is CCc1cc(=O)c2c(o1)CCCCC2. The Hall–Kier alpha value is -1.05. The first kappa shape index (κ1) is 9.50. The third kappa shape index (κ3) is 1.74. The van der Waals surface area contributed by atoms with Gasteiger partial charge in [-0.1, -0.05) is 13.3 Å². The van der Waals surface area contributed by atoms with Crippen LogP contribution < -0.4 is 5.43 Å². The molecule has 76 valence electrons. The molecule has 0 atom stereocenters. The van der Waals surface area contributed by atoms with Gasteiger partial charge in [-0.05, 0) is 19.3 Å². The summed E-state index contributed by atoms with van der Waals surface area (Å²) in [6.45, 7) is 2.02. The zero-order valence-corrected chi connectivity index (χ0v) is 8.64. The van der Waals surface area contributed by atoms with Crippen molar-refractivity contribution >= 4 is 0 Å². The number of fused-ring (bicyclic) bond motifs is 1. The van der Waals surface area contributed by atoms with Crippen LogP contribution in [0, 0.1) is 0 Å². The van der Waals surface area contributed by atoms with Crippen molar-refractivity contribution in [3.05, 3.63) is 33.4 Å². The molecule has 2 rings (SSSR count). The van der Waals surface area contributed by atoms with Gasteiger partial charge in [-0.25, -0.2) is 0 Å². The highest BCUT2D eigenvalue weighted by atomic mass is 16.3. The predicted octanol–water partition coefficient (Wildman–Crippen LogP) is 2.47. The summed E-state index contributed by atoms with van der Waals surface area (Å²) in [5.74, 6) is 1.78. The van der Waals surface area contributed by atoms with Gasteiger partial charge in [0.25, 0.3) is 0 Å². The van der Waals surface area contributed by atoms with Crippen molar-refractivity contribution in [2.75, 3.05) is 0 Å². The standard InChI is InChI=1S/C12H16O2/c1-2-9-8-11(13)10-6-4-3-5-7-12(10)14-9/h8H,2-7H2,1H3. The maximum absolute atomic E-state index is 11.7. The molecule has 0 spiro atoms. The zero-order chi connectivity index (χ0) is 9.97. The molecule has 1 aromatic rings. The molecule has 0 fully saturated rings. The number of hydrogen-bond donors (Lipinski definition) is 0. The summed E-state index contributed by atoms with van der Waals surface area (Å²) in [5.41, 5.74) is 1.12. The van der Waals surface area contributed by atoms with Gasteiger partial charge < -0.3 is 4.42 Å². The lowest BCUT2D eigenvalue weighted by Crippen LogP contribution is -2.11. The maximum Gasteiger partial charge on any atom is 0.188 e. The molecule has 0 amide bonds. The lowest BCUT2D eigenvalue weighted by atomic mass is 10.1. The van der Waals surface area contributed by atoms with Gasteiger partial charge in [-0.2, -0.15) is 0 Å². The first-order chi connectivity index (χ1) is 6.81. The second kappa shape index (κ2) is 3.99. The molecule has 0 unspecified atom stereocenters. The highest BCUT2D eigenvalue weighted by molar-refractivity contribution is 5.21. The van der Waals surface area contributed by atoms with Gasteiger partial charge in [0.15, 0.2) is 5.43 Å². The van der Waals surface area contributed by atoms with Crippen LogP contribution >= 0.6 is 0 Å². The smallest absolute Gasteiger partial charge is 0.188 e.